The van der Waals surface area contributed by atoms with Crippen molar-refractivity contribution in [2.45, 2.75) is 6.42 Å². The van der Waals surface area contributed by atoms with Crippen LogP contribution in [0.1, 0.15) is 6.42 Å². The predicted octanol–water partition coefficient (Wildman–Crippen LogP) is -1.02. The van der Waals surface area contributed by atoms with Gasteiger partial charge in [0.2, 0.25) is 0 Å². The maximum atomic E-state index is 10.8. The lowest BCUT2D eigenvalue weighted by Crippen LogP contribution is -2.39. The molecule has 0 atom stereocenters. The first-order valence-corrected chi connectivity index (χ1v) is 4.05. The molecule has 0 saturated carbocycles. The molecule has 4 N–H and O–H groups in total. The highest BCUT2D eigenvalue weighted by molar-refractivity contribution is 5.79. The van der Waals surface area contributed by atoms with Gasteiger partial charge >= 0.3 is 12.0 Å². The molecule has 0 saturated heterocycles. The number of aliphatic carboxylic acids is 1. The predicted molar refractivity (Wildman–Crippen MR) is 47.6 cm³/mol. The van der Waals surface area contributed by atoms with Gasteiger partial charge in [-0.25, -0.2) is 4.79 Å². The van der Waals surface area contributed by atoms with Crippen LogP contribution in [0.5, 0.6) is 0 Å². The highest BCUT2D eigenvalue weighted by Gasteiger charge is 2.00. The molecule has 6 heteroatoms. The van der Waals surface area contributed by atoms with Gasteiger partial charge in [0.15, 0.2) is 0 Å². The number of amides is 2. The van der Waals surface area contributed by atoms with Crippen LogP contribution in [-0.4, -0.2) is 43.8 Å². The quantitative estimate of drug-likeness (QED) is 0.402. The van der Waals surface area contributed by atoms with Crippen LogP contribution in [0.4, 0.5) is 4.79 Å². The molecule has 2 amide bonds. The fourth-order valence-corrected chi connectivity index (χ4v) is 0.685. The molecular formula is C7H15N3O3. The summed E-state index contributed by atoms with van der Waals surface area (Å²) in [7, 11) is 1.82. The van der Waals surface area contributed by atoms with Crippen LogP contribution in [0.3, 0.4) is 0 Å². The van der Waals surface area contributed by atoms with Gasteiger partial charge in [-0.15, -0.1) is 0 Å². The Morgan fingerprint density at radius 3 is 2.46 bits per heavy atom. The smallest absolute Gasteiger partial charge is 0.323 e. The molecule has 13 heavy (non-hydrogen) atoms. The van der Waals surface area contributed by atoms with Gasteiger partial charge in [0.05, 0.1) is 0 Å². The van der Waals surface area contributed by atoms with Crippen LogP contribution >= 0.6 is 0 Å². The Morgan fingerprint density at radius 2 is 1.92 bits per heavy atom. The third-order valence-electron chi connectivity index (χ3n) is 1.29. The van der Waals surface area contributed by atoms with E-state index in [1.54, 1.807) is 0 Å². The fraction of sp³-hybridized carbons (Fsp3) is 0.714. The minimum atomic E-state index is -1.05. The lowest BCUT2D eigenvalue weighted by Gasteiger charge is -2.04. The second-order valence-electron chi connectivity index (χ2n) is 2.46. The van der Waals surface area contributed by atoms with Gasteiger partial charge in [0.25, 0.3) is 0 Å². The van der Waals surface area contributed by atoms with Crippen LogP contribution in [-0.2, 0) is 4.79 Å². The van der Waals surface area contributed by atoms with E-state index in [4.69, 9.17) is 5.11 Å². The van der Waals surface area contributed by atoms with Crippen molar-refractivity contribution >= 4 is 12.0 Å². The van der Waals surface area contributed by atoms with Crippen LogP contribution < -0.4 is 16.0 Å². The first-order chi connectivity index (χ1) is 6.16. The summed E-state index contributed by atoms with van der Waals surface area (Å²) in [4.78, 5) is 20.8. The molecule has 0 aromatic carbocycles. The second-order valence-corrected chi connectivity index (χ2v) is 2.46. The summed E-state index contributed by atoms with van der Waals surface area (Å²) < 4.78 is 0. The first-order valence-electron chi connectivity index (χ1n) is 4.05. The van der Waals surface area contributed by atoms with Crippen LogP contribution in [0, 0.1) is 0 Å². The van der Waals surface area contributed by atoms with Gasteiger partial charge < -0.3 is 21.1 Å². The third kappa shape index (κ3) is 8.61. The van der Waals surface area contributed by atoms with E-state index in [9.17, 15) is 9.59 Å². The Labute approximate surface area is 76.7 Å². The maximum Gasteiger partial charge on any atom is 0.323 e. The Hall–Kier alpha value is -1.30. The van der Waals surface area contributed by atoms with Gasteiger partial charge in [-0.1, -0.05) is 0 Å². The van der Waals surface area contributed by atoms with Crippen LogP contribution in [0.25, 0.3) is 0 Å². The summed E-state index contributed by atoms with van der Waals surface area (Å²) >= 11 is 0. The van der Waals surface area contributed by atoms with Gasteiger partial charge in [0.1, 0.15) is 6.54 Å². The highest BCUT2D eigenvalue weighted by atomic mass is 16.4. The number of hydrogen-bond donors (Lipinski definition) is 4. The molecule has 0 aliphatic heterocycles. The van der Waals surface area contributed by atoms with Gasteiger partial charge in [-0.2, -0.15) is 0 Å². The number of carboxylic acid groups (broad SMARTS) is 1. The minimum Gasteiger partial charge on any atom is -0.480 e. The van der Waals surface area contributed by atoms with E-state index < -0.39 is 12.0 Å². The van der Waals surface area contributed by atoms with Gasteiger partial charge in [-0.05, 0) is 20.0 Å². The zero-order valence-corrected chi connectivity index (χ0v) is 7.59. The molecular weight excluding hydrogens is 174 g/mol. The lowest BCUT2D eigenvalue weighted by atomic mass is 10.4. The largest absolute Gasteiger partial charge is 0.480 e. The Bertz CT molecular complexity index is 172. The molecule has 0 aliphatic rings. The van der Waals surface area contributed by atoms with E-state index in [-0.39, 0.29) is 6.54 Å². The topological polar surface area (TPSA) is 90.5 Å². The molecule has 0 aromatic heterocycles. The zero-order chi connectivity index (χ0) is 10.1. The lowest BCUT2D eigenvalue weighted by molar-refractivity contribution is -0.135. The van der Waals surface area contributed by atoms with Crippen molar-refractivity contribution in [2.24, 2.45) is 0 Å². The van der Waals surface area contributed by atoms with Crippen molar-refractivity contribution in [2.75, 3.05) is 26.7 Å². The van der Waals surface area contributed by atoms with Crippen LogP contribution in [0.2, 0.25) is 0 Å². The number of carbonyl (C=O) groups excluding carboxylic acids is 1. The third-order valence-corrected chi connectivity index (χ3v) is 1.29. The SMILES string of the molecule is CNCCCNC(=O)NCC(=O)O. The van der Waals surface area contributed by atoms with Crippen molar-refractivity contribution in [3.63, 3.8) is 0 Å². The van der Waals surface area contributed by atoms with E-state index in [0.717, 1.165) is 13.0 Å². The standard InChI is InChI=1S/C7H15N3O3/c1-8-3-2-4-9-7(13)10-5-6(11)12/h8H,2-5H2,1H3,(H,11,12)(H2,9,10,13). The molecule has 0 aromatic rings. The van der Waals surface area contributed by atoms with Crippen molar-refractivity contribution in [1.82, 2.24) is 16.0 Å². The number of urea groups is 1. The summed E-state index contributed by atoms with van der Waals surface area (Å²) in [6.07, 6.45) is 0.816. The zero-order valence-electron chi connectivity index (χ0n) is 7.59. The minimum absolute atomic E-state index is 0.349. The molecule has 0 fully saturated rings. The summed E-state index contributed by atoms with van der Waals surface area (Å²) in [5, 5.41) is 15.9. The first kappa shape index (κ1) is 11.7. The normalized spacial score (nSPS) is 9.31. The molecule has 0 radical (unpaired) electrons. The molecule has 0 unspecified atom stereocenters. The highest BCUT2D eigenvalue weighted by Crippen LogP contribution is 1.72. The van der Waals surface area contributed by atoms with Crippen molar-refractivity contribution < 1.29 is 14.7 Å². The Kier molecular flexibility index (Phi) is 6.62. The molecule has 0 aliphatic carbocycles. The Balaban J connectivity index is 3.25. The van der Waals surface area contributed by atoms with Crippen molar-refractivity contribution in [1.29, 1.82) is 0 Å². The number of carboxylic acids is 1. The fourth-order valence-electron chi connectivity index (χ4n) is 0.685. The molecule has 0 heterocycles. The maximum absolute atomic E-state index is 10.8. The summed E-state index contributed by atoms with van der Waals surface area (Å²) in [6, 6.07) is -0.446. The number of carbonyl (C=O) groups is 2. The average molecular weight is 189 g/mol. The summed E-state index contributed by atoms with van der Waals surface area (Å²) in [5.41, 5.74) is 0. The summed E-state index contributed by atoms with van der Waals surface area (Å²) in [6.45, 7) is 1.00. The molecule has 0 spiro atoms. The van der Waals surface area contributed by atoms with Crippen LogP contribution in [0.15, 0.2) is 0 Å². The molecule has 76 valence electrons. The summed E-state index contributed by atoms with van der Waals surface area (Å²) in [5.74, 6) is -1.05. The van der Waals surface area contributed by atoms with Crippen molar-refractivity contribution in [3.8, 4) is 0 Å². The molecule has 0 bridgehead atoms. The average Bonchev–Trinajstić information content (AvgIpc) is 2.09. The monoisotopic (exact) mass is 189 g/mol. The number of nitrogens with one attached hydrogen (secondary N) is 3. The van der Waals surface area contributed by atoms with Crippen molar-refractivity contribution in [3.05, 3.63) is 0 Å². The Morgan fingerprint density at radius 1 is 1.23 bits per heavy atom. The van der Waals surface area contributed by atoms with E-state index in [2.05, 4.69) is 16.0 Å². The molecule has 0 rings (SSSR count). The van der Waals surface area contributed by atoms with Gasteiger partial charge in [0, 0.05) is 6.54 Å². The van der Waals surface area contributed by atoms with E-state index in [0.29, 0.717) is 6.54 Å². The van der Waals surface area contributed by atoms with E-state index in [1.807, 2.05) is 7.05 Å². The number of rotatable bonds is 6. The number of hydrogen-bond acceptors (Lipinski definition) is 3. The van der Waals surface area contributed by atoms with E-state index >= 15 is 0 Å². The van der Waals surface area contributed by atoms with Gasteiger partial charge in [-0.3, -0.25) is 4.79 Å². The van der Waals surface area contributed by atoms with E-state index in [1.165, 1.54) is 0 Å². The second kappa shape index (κ2) is 7.35. The molecule has 6 nitrogen and oxygen atoms in total.